The molecule has 3 nitrogen and oxygen atoms in total. The lowest BCUT2D eigenvalue weighted by atomic mass is 10.1. The third-order valence-electron chi connectivity index (χ3n) is 3.64. The number of pyridine rings is 1. The lowest BCUT2D eigenvalue weighted by Crippen LogP contribution is -2.20. The minimum absolute atomic E-state index is 0.0860. The van der Waals surface area contributed by atoms with Gasteiger partial charge in [-0.1, -0.05) is 41.9 Å². The van der Waals surface area contributed by atoms with E-state index in [-0.39, 0.29) is 5.92 Å². The Morgan fingerprint density at radius 1 is 1.25 bits per heavy atom. The van der Waals surface area contributed by atoms with Crippen molar-refractivity contribution in [3.05, 3.63) is 47.7 Å². The van der Waals surface area contributed by atoms with Crippen LogP contribution in [0.2, 0.25) is 5.02 Å². The molecule has 1 saturated heterocycles. The molecule has 0 unspecified atom stereocenters. The van der Waals surface area contributed by atoms with Gasteiger partial charge in [-0.25, -0.2) is 0 Å². The zero-order chi connectivity index (χ0) is 13.9. The molecule has 1 aliphatic heterocycles. The summed E-state index contributed by atoms with van der Waals surface area (Å²) in [5.41, 5.74) is 3.11. The summed E-state index contributed by atoms with van der Waals surface area (Å²) in [5.74, 6) is 0.0860. The number of benzene rings is 1. The summed E-state index contributed by atoms with van der Waals surface area (Å²) in [4.78, 5) is 6.40. The van der Waals surface area contributed by atoms with Crippen molar-refractivity contribution in [3.8, 4) is 17.2 Å². The number of rotatable bonds is 2. The molecule has 2 heterocycles. The van der Waals surface area contributed by atoms with Gasteiger partial charge in [0.15, 0.2) is 0 Å². The molecule has 20 heavy (non-hydrogen) atoms. The number of nitriles is 1. The van der Waals surface area contributed by atoms with Crippen molar-refractivity contribution in [1.29, 1.82) is 5.26 Å². The third kappa shape index (κ3) is 2.35. The number of anilines is 1. The van der Waals surface area contributed by atoms with Crippen molar-refractivity contribution in [1.82, 2.24) is 4.98 Å². The standard InChI is InChI=1S/C16H14ClN3/c17-15-10-19-9-14(13-4-2-1-3-5-13)16(15)20-7-6-12(8-18)11-20/h1-5,9-10,12H,6-7,11H2/t12-/m1/s1. The van der Waals surface area contributed by atoms with Crippen LogP contribution in [-0.4, -0.2) is 18.1 Å². The number of halogens is 1. The Morgan fingerprint density at radius 2 is 2.05 bits per heavy atom. The molecule has 1 fully saturated rings. The molecule has 0 saturated carbocycles. The Labute approximate surface area is 123 Å². The van der Waals surface area contributed by atoms with Crippen molar-refractivity contribution >= 4 is 17.3 Å². The van der Waals surface area contributed by atoms with Gasteiger partial charge < -0.3 is 4.90 Å². The highest BCUT2D eigenvalue weighted by Crippen LogP contribution is 2.38. The first-order chi connectivity index (χ1) is 9.79. The number of nitrogens with zero attached hydrogens (tertiary/aromatic N) is 3. The van der Waals surface area contributed by atoms with E-state index < -0.39 is 0 Å². The van der Waals surface area contributed by atoms with Crippen molar-refractivity contribution < 1.29 is 0 Å². The zero-order valence-electron chi connectivity index (χ0n) is 11.0. The summed E-state index contributed by atoms with van der Waals surface area (Å²) in [6.45, 7) is 1.60. The molecular formula is C16H14ClN3. The van der Waals surface area contributed by atoms with Crippen LogP contribution in [0, 0.1) is 17.2 Å². The molecule has 0 N–H and O–H groups in total. The van der Waals surface area contributed by atoms with Gasteiger partial charge in [0, 0.05) is 31.0 Å². The minimum atomic E-state index is 0.0860. The van der Waals surface area contributed by atoms with E-state index in [1.807, 2.05) is 24.4 Å². The van der Waals surface area contributed by atoms with E-state index in [2.05, 4.69) is 28.1 Å². The Balaban J connectivity index is 2.05. The summed E-state index contributed by atoms with van der Waals surface area (Å²) in [6.07, 6.45) is 4.41. The molecule has 4 heteroatoms. The molecule has 3 rings (SSSR count). The first-order valence-electron chi connectivity index (χ1n) is 6.63. The number of hydrogen-bond acceptors (Lipinski definition) is 3. The van der Waals surface area contributed by atoms with E-state index in [0.717, 1.165) is 36.3 Å². The van der Waals surface area contributed by atoms with Gasteiger partial charge in [0.25, 0.3) is 0 Å². The van der Waals surface area contributed by atoms with Gasteiger partial charge in [0.05, 0.1) is 22.7 Å². The maximum absolute atomic E-state index is 9.06. The number of hydrogen-bond donors (Lipinski definition) is 0. The first-order valence-corrected chi connectivity index (χ1v) is 7.01. The van der Waals surface area contributed by atoms with Gasteiger partial charge in [-0.2, -0.15) is 5.26 Å². The summed E-state index contributed by atoms with van der Waals surface area (Å²) in [5, 5.41) is 9.71. The predicted octanol–water partition coefficient (Wildman–Crippen LogP) is 3.75. The Kier molecular flexibility index (Phi) is 3.58. The monoisotopic (exact) mass is 283 g/mol. The highest BCUT2D eigenvalue weighted by Gasteiger charge is 2.26. The van der Waals surface area contributed by atoms with Crippen molar-refractivity contribution in [2.24, 2.45) is 5.92 Å². The van der Waals surface area contributed by atoms with E-state index in [4.69, 9.17) is 16.9 Å². The fourth-order valence-corrected chi connectivity index (χ4v) is 2.92. The lowest BCUT2D eigenvalue weighted by molar-refractivity contribution is 0.755. The Bertz CT molecular complexity index is 649. The first kappa shape index (κ1) is 13.0. The lowest BCUT2D eigenvalue weighted by Gasteiger charge is -2.22. The maximum atomic E-state index is 9.06. The van der Waals surface area contributed by atoms with E-state index in [9.17, 15) is 0 Å². The molecule has 1 aliphatic rings. The van der Waals surface area contributed by atoms with Crippen LogP contribution >= 0.6 is 11.6 Å². The van der Waals surface area contributed by atoms with Crippen LogP contribution in [0.4, 0.5) is 5.69 Å². The fourth-order valence-electron chi connectivity index (χ4n) is 2.65. The minimum Gasteiger partial charge on any atom is -0.368 e. The number of aromatic nitrogens is 1. The molecule has 2 aromatic rings. The second kappa shape index (κ2) is 5.52. The second-order valence-electron chi connectivity index (χ2n) is 4.94. The molecule has 0 spiro atoms. The van der Waals surface area contributed by atoms with Crippen LogP contribution in [0.3, 0.4) is 0 Å². The molecule has 0 radical (unpaired) electrons. The van der Waals surface area contributed by atoms with Crippen molar-refractivity contribution in [2.45, 2.75) is 6.42 Å². The average molecular weight is 284 g/mol. The topological polar surface area (TPSA) is 39.9 Å². The SMILES string of the molecule is N#C[C@H]1CCN(c2c(Cl)cncc2-c2ccccc2)C1. The van der Waals surface area contributed by atoms with E-state index in [1.165, 1.54) is 0 Å². The van der Waals surface area contributed by atoms with Gasteiger partial charge in [-0.15, -0.1) is 0 Å². The second-order valence-corrected chi connectivity index (χ2v) is 5.35. The summed E-state index contributed by atoms with van der Waals surface area (Å²) < 4.78 is 0. The van der Waals surface area contributed by atoms with Crippen LogP contribution in [0.1, 0.15) is 6.42 Å². The van der Waals surface area contributed by atoms with E-state index in [1.54, 1.807) is 6.20 Å². The average Bonchev–Trinajstić information content (AvgIpc) is 2.96. The smallest absolute Gasteiger partial charge is 0.0829 e. The van der Waals surface area contributed by atoms with Crippen LogP contribution in [0.15, 0.2) is 42.7 Å². The van der Waals surface area contributed by atoms with Crippen LogP contribution in [0.5, 0.6) is 0 Å². The maximum Gasteiger partial charge on any atom is 0.0829 e. The summed E-state index contributed by atoms with van der Waals surface area (Å²) >= 11 is 6.36. The molecule has 0 amide bonds. The normalized spacial score (nSPS) is 18.0. The zero-order valence-corrected chi connectivity index (χ0v) is 11.7. The molecule has 100 valence electrons. The Morgan fingerprint density at radius 3 is 2.75 bits per heavy atom. The van der Waals surface area contributed by atoms with E-state index >= 15 is 0 Å². The van der Waals surface area contributed by atoms with Crippen LogP contribution < -0.4 is 4.90 Å². The molecular weight excluding hydrogens is 270 g/mol. The van der Waals surface area contributed by atoms with Gasteiger partial charge in [-0.3, -0.25) is 4.98 Å². The Hall–Kier alpha value is -2.05. The van der Waals surface area contributed by atoms with Crippen molar-refractivity contribution in [3.63, 3.8) is 0 Å². The summed E-state index contributed by atoms with van der Waals surface area (Å²) in [6, 6.07) is 12.4. The van der Waals surface area contributed by atoms with Gasteiger partial charge in [0.2, 0.25) is 0 Å². The molecule has 0 bridgehead atoms. The molecule has 0 aliphatic carbocycles. The fraction of sp³-hybridized carbons (Fsp3) is 0.250. The largest absolute Gasteiger partial charge is 0.368 e. The van der Waals surface area contributed by atoms with Gasteiger partial charge in [-0.05, 0) is 12.0 Å². The molecule has 1 aromatic heterocycles. The molecule has 1 aromatic carbocycles. The highest BCUT2D eigenvalue weighted by atomic mass is 35.5. The van der Waals surface area contributed by atoms with Crippen LogP contribution in [-0.2, 0) is 0 Å². The van der Waals surface area contributed by atoms with Gasteiger partial charge >= 0.3 is 0 Å². The summed E-state index contributed by atoms with van der Waals surface area (Å²) in [7, 11) is 0. The van der Waals surface area contributed by atoms with E-state index in [0.29, 0.717) is 5.02 Å². The molecule has 1 atom stereocenters. The quantitative estimate of drug-likeness (QED) is 0.843. The third-order valence-corrected chi connectivity index (χ3v) is 3.92. The predicted molar refractivity (Wildman–Crippen MR) is 80.6 cm³/mol. The van der Waals surface area contributed by atoms with Crippen LogP contribution in [0.25, 0.3) is 11.1 Å². The van der Waals surface area contributed by atoms with Crippen molar-refractivity contribution in [2.75, 3.05) is 18.0 Å². The van der Waals surface area contributed by atoms with Gasteiger partial charge in [0.1, 0.15) is 0 Å². The highest BCUT2D eigenvalue weighted by molar-refractivity contribution is 6.33.